The standard InChI is InChI=1S/C16H23N3O/c1-5-19-11-16(13(3)18-19)12(2)17-10-14-7-6-8-15(9-14)20-4/h6-9,11-12,17H,5,10H2,1-4H3. The molecule has 0 amide bonds. The molecule has 0 radical (unpaired) electrons. The predicted molar refractivity (Wildman–Crippen MR) is 80.9 cm³/mol. The Labute approximate surface area is 120 Å². The summed E-state index contributed by atoms with van der Waals surface area (Å²) >= 11 is 0. The number of hydrogen-bond donors (Lipinski definition) is 1. The van der Waals surface area contributed by atoms with Gasteiger partial charge >= 0.3 is 0 Å². The van der Waals surface area contributed by atoms with Crippen molar-refractivity contribution < 1.29 is 4.74 Å². The van der Waals surface area contributed by atoms with Crippen molar-refractivity contribution in [2.75, 3.05) is 7.11 Å². The lowest BCUT2D eigenvalue weighted by Crippen LogP contribution is -2.18. The maximum absolute atomic E-state index is 5.24. The highest BCUT2D eigenvalue weighted by atomic mass is 16.5. The minimum atomic E-state index is 0.279. The van der Waals surface area contributed by atoms with Gasteiger partial charge in [-0.05, 0) is 38.5 Å². The monoisotopic (exact) mass is 273 g/mol. The molecule has 1 N–H and O–H groups in total. The summed E-state index contributed by atoms with van der Waals surface area (Å²) in [6, 6.07) is 8.41. The number of ether oxygens (including phenoxy) is 1. The largest absolute Gasteiger partial charge is 0.497 e. The molecule has 108 valence electrons. The molecule has 1 aromatic carbocycles. The molecule has 1 aromatic heterocycles. The Hall–Kier alpha value is -1.81. The van der Waals surface area contributed by atoms with Crippen molar-refractivity contribution >= 4 is 0 Å². The maximum atomic E-state index is 5.24. The average molecular weight is 273 g/mol. The predicted octanol–water partition coefficient (Wildman–Crippen LogP) is 3.07. The molecular formula is C16H23N3O. The van der Waals surface area contributed by atoms with Crippen LogP contribution in [0.4, 0.5) is 0 Å². The number of aryl methyl sites for hydroxylation is 2. The summed E-state index contributed by atoms with van der Waals surface area (Å²) in [7, 11) is 1.69. The fourth-order valence-corrected chi connectivity index (χ4v) is 2.28. The van der Waals surface area contributed by atoms with E-state index in [-0.39, 0.29) is 6.04 Å². The van der Waals surface area contributed by atoms with Gasteiger partial charge in [0.1, 0.15) is 5.75 Å². The van der Waals surface area contributed by atoms with Gasteiger partial charge in [0, 0.05) is 30.9 Å². The average Bonchev–Trinajstić information content (AvgIpc) is 2.86. The molecule has 1 unspecified atom stereocenters. The van der Waals surface area contributed by atoms with Gasteiger partial charge in [-0.1, -0.05) is 12.1 Å². The van der Waals surface area contributed by atoms with Crippen LogP contribution in [0.25, 0.3) is 0 Å². The molecule has 4 heteroatoms. The highest BCUT2D eigenvalue weighted by Crippen LogP contribution is 2.18. The first-order valence-electron chi connectivity index (χ1n) is 7.04. The molecule has 0 aliphatic heterocycles. The summed E-state index contributed by atoms with van der Waals surface area (Å²) in [6.45, 7) is 8.05. The Bertz CT molecular complexity index is 563. The topological polar surface area (TPSA) is 39.1 Å². The van der Waals surface area contributed by atoms with Crippen LogP contribution >= 0.6 is 0 Å². The van der Waals surface area contributed by atoms with Crippen molar-refractivity contribution in [1.29, 1.82) is 0 Å². The Morgan fingerprint density at radius 1 is 1.40 bits per heavy atom. The molecule has 0 aliphatic carbocycles. The summed E-state index contributed by atoms with van der Waals surface area (Å²) in [4.78, 5) is 0. The number of aromatic nitrogens is 2. The van der Waals surface area contributed by atoms with Crippen LogP contribution in [-0.2, 0) is 13.1 Å². The van der Waals surface area contributed by atoms with Gasteiger partial charge in [0.05, 0.1) is 12.8 Å². The van der Waals surface area contributed by atoms with E-state index in [9.17, 15) is 0 Å². The van der Waals surface area contributed by atoms with Crippen molar-refractivity contribution in [3.8, 4) is 5.75 Å². The molecule has 0 aliphatic rings. The van der Waals surface area contributed by atoms with Crippen LogP contribution in [0.3, 0.4) is 0 Å². The van der Waals surface area contributed by atoms with Gasteiger partial charge in [-0.2, -0.15) is 5.10 Å². The van der Waals surface area contributed by atoms with Gasteiger partial charge in [0.25, 0.3) is 0 Å². The molecule has 4 nitrogen and oxygen atoms in total. The van der Waals surface area contributed by atoms with E-state index in [4.69, 9.17) is 4.74 Å². The molecule has 0 fully saturated rings. The van der Waals surface area contributed by atoms with Crippen molar-refractivity contribution in [1.82, 2.24) is 15.1 Å². The highest BCUT2D eigenvalue weighted by molar-refractivity contribution is 5.28. The lowest BCUT2D eigenvalue weighted by molar-refractivity contribution is 0.414. The van der Waals surface area contributed by atoms with Gasteiger partial charge in [-0.3, -0.25) is 4.68 Å². The van der Waals surface area contributed by atoms with Gasteiger partial charge in [-0.15, -0.1) is 0 Å². The van der Waals surface area contributed by atoms with E-state index in [1.807, 2.05) is 16.8 Å². The fraction of sp³-hybridized carbons (Fsp3) is 0.438. The highest BCUT2D eigenvalue weighted by Gasteiger charge is 2.11. The van der Waals surface area contributed by atoms with E-state index in [1.165, 1.54) is 11.1 Å². The van der Waals surface area contributed by atoms with Crippen LogP contribution in [0.1, 0.15) is 36.7 Å². The Morgan fingerprint density at radius 2 is 2.20 bits per heavy atom. The maximum Gasteiger partial charge on any atom is 0.119 e. The minimum absolute atomic E-state index is 0.279. The van der Waals surface area contributed by atoms with Crippen LogP contribution in [-0.4, -0.2) is 16.9 Å². The molecule has 0 saturated carbocycles. The first-order chi connectivity index (χ1) is 9.63. The van der Waals surface area contributed by atoms with Gasteiger partial charge in [0.15, 0.2) is 0 Å². The number of rotatable bonds is 6. The quantitative estimate of drug-likeness (QED) is 0.879. The van der Waals surface area contributed by atoms with Crippen molar-refractivity contribution in [3.05, 3.63) is 47.3 Å². The molecule has 1 atom stereocenters. The van der Waals surface area contributed by atoms with Crippen LogP contribution in [0.5, 0.6) is 5.75 Å². The van der Waals surface area contributed by atoms with Crippen LogP contribution in [0.15, 0.2) is 30.5 Å². The summed E-state index contributed by atoms with van der Waals surface area (Å²) < 4.78 is 7.22. The third kappa shape index (κ3) is 3.39. The molecule has 20 heavy (non-hydrogen) atoms. The van der Waals surface area contributed by atoms with Gasteiger partial charge < -0.3 is 10.1 Å². The second-order valence-electron chi connectivity index (χ2n) is 4.98. The zero-order chi connectivity index (χ0) is 14.5. The molecule has 0 spiro atoms. The molecular weight excluding hydrogens is 250 g/mol. The second kappa shape index (κ2) is 6.57. The van der Waals surface area contributed by atoms with E-state index >= 15 is 0 Å². The fourth-order valence-electron chi connectivity index (χ4n) is 2.28. The van der Waals surface area contributed by atoms with Crippen molar-refractivity contribution in [2.24, 2.45) is 0 Å². The van der Waals surface area contributed by atoms with Gasteiger partial charge in [0.2, 0.25) is 0 Å². The summed E-state index contributed by atoms with van der Waals surface area (Å²) in [5.41, 5.74) is 3.57. The summed E-state index contributed by atoms with van der Waals surface area (Å²) in [6.07, 6.45) is 2.12. The number of nitrogens with one attached hydrogen (secondary N) is 1. The zero-order valence-corrected chi connectivity index (χ0v) is 12.7. The van der Waals surface area contributed by atoms with Gasteiger partial charge in [-0.25, -0.2) is 0 Å². The van der Waals surface area contributed by atoms with E-state index < -0.39 is 0 Å². The molecule has 2 rings (SSSR count). The lowest BCUT2D eigenvalue weighted by atomic mass is 10.1. The van der Waals surface area contributed by atoms with Crippen LogP contribution in [0, 0.1) is 6.92 Å². The smallest absolute Gasteiger partial charge is 0.119 e. The first-order valence-corrected chi connectivity index (χ1v) is 7.04. The minimum Gasteiger partial charge on any atom is -0.497 e. The molecule has 0 saturated heterocycles. The number of hydrogen-bond acceptors (Lipinski definition) is 3. The van der Waals surface area contributed by atoms with Crippen LogP contribution < -0.4 is 10.1 Å². The van der Waals surface area contributed by atoms with Crippen LogP contribution in [0.2, 0.25) is 0 Å². The summed E-state index contributed by atoms with van der Waals surface area (Å²) in [5, 5.41) is 8.03. The number of benzene rings is 1. The molecule has 2 aromatic rings. The van der Waals surface area contributed by atoms with Crippen molar-refractivity contribution in [2.45, 2.75) is 39.9 Å². The normalized spacial score (nSPS) is 12.4. The lowest BCUT2D eigenvalue weighted by Gasteiger charge is -2.13. The third-order valence-corrected chi connectivity index (χ3v) is 3.52. The van der Waals surface area contributed by atoms with E-state index in [2.05, 4.69) is 49.5 Å². The Balaban J connectivity index is 2.00. The second-order valence-corrected chi connectivity index (χ2v) is 4.98. The SMILES string of the molecule is CCn1cc(C(C)NCc2cccc(OC)c2)c(C)n1. The molecule has 0 bridgehead atoms. The zero-order valence-electron chi connectivity index (χ0n) is 12.7. The number of nitrogens with zero attached hydrogens (tertiary/aromatic N) is 2. The van der Waals surface area contributed by atoms with Crippen molar-refractivity contribution in [3.63, 3.8) is 0 Å². The van der Waals surface area contributed by atoms with E-state index in [1.54, 1.807) is 7.11 Å². The first kappa shape index (κ1) is 14.6. The number of methoxy groups -OCH3 is 1. The third-order valence-electron chi connectivity index (χ3n) is 3.52. The van der Waals surface area contributed by atoms with E-state index in [0.717, 1.165) is 24.5 Å². The summed E-state index contributed by atoms with van der Waals surface area (Å²) in [5.74, 6) is 0.895. The van der Waals surface area contributed by atoms with E-state index in [0.29, 0.717) is 0 Å². The Kier molecular flexibility index (Phi) is 4.79. The Morgan fingerprint density at radius 3 is 2.85 bits per heavy atom. The molecule has 1 heterocycles.